The van der Waals surface area contributed by atoms with Crippen LogP contribution in [-0.2, 0) is 4.79 Å². The van der Waals surface area contributed by atoms with E-state index in [0.717, 1.165) is 0 Å². The minimum Gasteiger partial charge on any atom is -0.366 e. The van der Waals surface area contributed by atoms with Crippen molar-refractivity contribution in [2.45, 2.75) is 19.0 Å². The zero-order valence-corrected chi connectivity index (χ0v) is 5.84. The van der Waals surface area contributed by atoms with Crippen LogP contribution in [0.5, 0.6) is 0 Å². The van der Waals surface area contributed by atoms with Gasteiger partial charge in [-0.25, -0.2) is 0 Å². The van der Waals surface area contributed by atoms with Gasteiger partial charge in [0.1, 0.15) is 0 Å². The van der Waals surface area contributed by atoms with E-state index in [1.807, 2.05) is 0 Å². The minimum absolute atomic E-state index is 0.376. The third-order valence-electron chi connectivity index (χ3n) is 1.13. The average Bonchev–Trinajstić information content (AvgIpc) is 1.82. The van der Waals surface area contributed by atoms with Crippen LogP contribution in [0.2, 0.25) is 0 Å². The molecule has 0 atom stereocenters. The van der Waals surface area contributed by atoms with Crippen molar-refractivity contribution < 1.29 is 4.79 Å². The van der Waals surface area contributed by atoms with Crippen LogP contribution in [0.1, 0.15) is 12.8 Å². The van der Waals surface area contributed by atoms with Gasteiger partial charge in [0, 0.05) is 5.57 Å². The highest BCUT2D eigenvalue weighted by Gasteiger charge is 2.02. The molecule has 0 heterocycles. The number of hydrogen-bond acceptors (Lipinski definition) is 3. The number of primary amides is 1. The second-order valence-electron chi connectivity index (χ2n) is 2.17. The van der Waals surface area contributed by atoms with Crippen molar-refractivity contribution in [2.75, 3.05) is 0 Å². The maximum Gasteiger partial charge on any atom is 0.244 e. The van der Waals surface area contributed by atoms with Crippen molar-refractivity contribution in [3.63, 3.8) is 0 Å². The molecule has 6 N–H and O–H groups in total. The minimum atomic E-state index is -0.486. The Morgan fingerprint density at radius 3 is 2.30 bits per heavy atom. The van der Waals surface area contributed by atoms with Crippen LogP contribution in [0.4, 0.5) is 0 Å². The molecule has 0 spiro atoms. The van der Waals surface area contributed by atoms with Crippen LogP contribution in [-0.4, -0.2) is 12.1 Å². The summed E-state index contributed by atoms with van der Waals surface area (Å²) in [7, 11) is 0. The van der Waals surface area contributed by atoms with Gasteiger partial charge in [0.2, 0.25) is 5.91 Å². The van der Waals surface area contributed by atoms with Crippen molar-refractivity contribution in [1.29, 1.82) is 0 Å². The summed E-state index contributed by atoms with van der Waals surface area (Å²) >= 11 is 0. The number of carbonyl (C=O) groups excluding carboxylic acids is 1. The molecule has 4 nitrogen and oxygen atoms in total. The number of rotatable bonds is 4. The number of hydrogen-bond donors (Lipinski definition) is 3. The Kier molecular flexibility index (Phi) is 3.68. The first kappa shape index (κ1) is 9.13. The fraction of sp³-hybridized carbons (Fsp3) is 0.500. The van der Waals surface area contributed by atoms with Gasteiger partial charge in [0.25, 0.3) is 0 Å². The normalized spacial score (nSPS) is 9.90. The molecule has 58 valence electrons. The molecule has 0 saturated carbocycles. The lowest BCUT2D eigenvalue weighted by Gasteiger charge is -2.03. The van der Waals surface area contributed by atoms with Gasteiger partial charge in [0.15, 0.2) is 0 Å². The molecule has 0 rings (SSSR count). The zero-order chi connectivity index (χ0) is 8.15. The van der Waals surface area contributed by atoms with E-state index in [1.165, 1.54) is 0 Å². The molecule has 0 radical (unpaired) electrons. The highest BCUT2D eigenvalue weighted by Crippen LogP contribution is 2.00. The Bertz CT molecular complexity index is 142. The molecule has 0 aromatic heterocycles. The van der Waals surface area contributed by atoms with Gasteiger partial charge in [0.05, 0.1) is 6.17 Å². The largest absolute Gasteiger partial charge is 0.366 e. The Morgan fingerprint density at radius 1 is 1.50 bits per heavy atom. The molecule has 0 bridgehead atoms. The lowest BCUT2D eigenvalue weighted by atomic mass is 10.1. The summed E-state index contributed by atoms with van der Waals surface area (Å²) in [6, 6.07) is 0. The van der Waals surface area contributed by atoms with Gasteiger partial charge in [-0.3, -0.25) is 4.79 Å². The first-order valence-electron chi connectivity index (χ1n) is 3.02. The highest BCUT2D eigenvalue weighted by molar-refractivity contribution is 5.91. The molecule has 0 saturated heterocycles. The molecule has 0 aromatic carbocycles. The number of amides is 1. The van der Waals surface area contributed by atoms with Crippen molar-refractivity contribution in [2.24, 2.45) is 17.2 Å². The Balaban J connectivity index is 3.50. The average molecular weight is 143 g/mol. The second-order valence-corrected chi connectivity index (χ2v) is 2.17. The second kappa shape index (κ2) is 4.03. The Hall–Kier alpha value is -0.870. The van der Waals surface area contributed by atoms with Crippen molar-refractivity contribution in [3.05, 3.63) is 12.2 Å². The van der Waals surface area contributed by atoms with E-state index in [0.29, 0.717) is 18.4 Å². The summed E-state index contributed by atoms with van der Waals surface area (Å²) < 4.78 is 0. The fourth-order valence-electron chi connectivity index (χ4n) is 0.464. The Labute approximate surface area is 60.1 Å². The van der Waals surface area contributed by atoms with Gasteiger partial charge >= 0.3 is 0 Å². The van der Waals surface area contributed by atoms with Crippen LogP contribution in [0, 0.1) is 0 Å². The standard InChI is InChI=1S/C6H13N3O/c1-4(6(9)10)2-3-5(7)8/h5H,1-3,7-8H2,(H2,9,10). The lowest BCUT2D eigenvalue weighted by molar-refractivity contribution is -0.114. The fourth-order valence-corrected chi connectivity index (χ4v) is 0.464. The molecule has 0 aliphatic rings. The van der Waals surface area contributed by atoms with Crippen LogP contribution in [0.15, 0.2) is 12.2 Å². The van der Waals surface area contributed by atoms with Crippen LogP contribution < -0.4 is 17.2 Å². The van der Waals surface area contributed by atoms with Gasteiger partial charge in [-0.1, -0.05) is 6.58 Å². The number of nitrogens with two attached hydrogens (primary N) is 3. The molecule has 10 heavy (non-hydrogen) atoms. The van der Waals surface area contributed by atoms with Crippen LogP contribution >= 0.6 is 0 Å². The smallest absolute Gasteiger partial charge is 0.244 e. The van der Waals surface area contributed by atoms with Gasteiger partial charge < -0.3 is 17.2 Å². The molecule has 0 unspecified atom stereocenters. The van der Waals surface area contributed by atoms with Gasteiger partial charge in [-0.2, -0.15) is 0 Å². The predicted octanol–water partition coefficient (Wildman–Crippen LogP) is -0.948. The summed E-state index contributed by atoms with van der Waals surface area (Å²) in [6.45, 7) is 3.44. The third-order valence-corrected chi connectivity index (χ3v) is 1.13. The van der Waals surface area contributed by atoms with E-state index in [4.69, 9.17) is 17.2 Å². The summed E-state index contributed by atoms with van der Waals surface area (Å²) in [5, 5.41) is 0. The van der Waals surface area contributed by atoms with Crippen molar-refractivity contribution in [1.82, 2.24) is 0 Å². The molecular formula is C6H13N3O. The maximum atomic E-state index is 10.4. The molecule has 0 aliphatic carbocycles. The quantitative estimate of drug-likeness (QED) is 0.350. The summed E-state index contributed by atoms with van der Waals surface area (Å²) in [5.74, 6) is -0.486. The van der Waals surface area contributed by atoms with Crippen LogP contribution in [0.3, 0.4) is 0 Å². The molecular weight excluding hydrogens is 130 g/mol. The molecule has 0 fully saturated rings. The topological polar surface area (TPSA) is 95.1 Å². The third kappa shape index (κ3) is 4.05. The van der Waals surface area contributed by atoms with Gasteiger partial charge in [-0.05, 0) is 12.8 Å². The summed E-state index contributed by atoms with van der Waals surface area (Å²) in [4.78, 5) is 10.4. The number of carbonyl (C=O) groups is 1. The molecule has 1 amide bonds. The van der Waals surface area contributed by atoms with E-state index in [1.54, 1.807) is 0 Å². The van der Waals surface area contributed by atoms with Gasteiger partial charge in [-0.15, -0.1) is 0 Å². The predicted molar refractivity (Wildman–Crippen MR) is 39.7 cm³/mol. The SMILES string of the molecule is C=C(CCC(N)N)C(N)=O. The Morgan fingerprint density at radius 2 is 2.00 bits per heavy atom. The lowest BCUT2D eigenvalue weighted by Crippen LogP contribution is -2.30. The summed E-state index contributed by atoms with van der Waals surface area (Å²) in [6.07, 6.45) is 0.630. The van der Waals surface area contributed by atoms with E-state index < -0.39 is 12.1 Å². The van der Waals surface area contributed by atoms with E-state index in [-0.39, 0.29) is 0 Å². The molecule has 0 aliphatic heterocycles. The molecule has 4 heteroatoms. The maximum absolute atomic E-state index is 10.4. The van der Waals surface area contributed by atoms with E-state index in [9.17, 15) is 4.79 Å². The monoisotopic (exact) mass is 143 g/mol. The first-order chi connectivity index (χ1) is 4.54. The highest BCUT2D eigenvalue weighted by atomic mass is 16.1. The first-order valence-corrected chi connectivity index (χ1v) is 3.02. The molecule has 0 aromatic rings. The zero-order valence-electron chi connectivity index (χ0n) is 5.84. The van der Waals surface area contributed by atoms with Crippen LogP contribution in [0.25, 0.3) is 0 Å². The van der Waals surface area contributed by atoms with Crippen molar-refractivity contribution >= 4 is 5.91 Å². The van der Waals surface area contributed by atoms with Crippen molar-refractivity contribution in [3.8, 4) is 0 Å². The summed E-state index contributed by atoms with van der Waals surface area (Å²) in [5.41, 5.74) is 15.7. The van der Waals surface area contributed by atoms with E-state index in [2.05, 4.69) is 6.58 Å². The van der Waals surface area contributed by atoms with E-state index >= 15 is 0 Å².